The van der Waals surface area contributed by atoms with Gasteiger partial charge < -0.3 is 0 Å². The predicted octanol–water partition coefficient (Wildman–Crippen LogP) is 4.87. The molecule has 1 aliphatic rings. The minimum absolute atomic E-state index is 1.21. The van der Waals surface area contributed by atoms with Crippen LogP contribution in [0.1, 0.15) is 36.8 Å². The van der Waals surface area contributed by atoms with Gasteiger partial charge in [0, 0.05) is 5.56 Å². The van der Waals surface area contributed by atoms with E-state index in [1.807, 2.05) is 0 Å². The highest BCUT2D eigenvalue weighted by Gasteiger charge is 2.11. The van der Waals surface area contributed by atoms with Crippen LogP contribution in [-0.4, -0.2) is 8.07 Å². The molecule has 0 aromatic heterocycles. The Morgan fingerprint density at radius 3 is 2.50 bits per heavy atom. The summed E-state index contributed by atoms with van der Waals surface area (Å²) in [5, 5.41) is 0. The molecule has 0 saturated heterocycles. The average Bonchev–Trinajstić information content (AvgIpc) is 2.37. The fourth-order valence-electron chi connectivity index (χ4n) is 2.21. The highest BCUT2D eigenvalue weighted by atomic mass is 28.3. The molecule has 0 saturated carbocycles. The topological polar surface area (TPSA) is 0 Å². The minimum Gasteiger partial charge on any atom is -0.127 e. The van der Waals surface area contributed by atoms with E-state index in [2.05, 4.69) is 61.4 Å². The molecule has 1 heteroatoms. The van der Waals surface area contributed by atoms with Gasteiger partial charge in [0.25, 0.3) is 0 Å². The zero-order valence-corrected chi connectivity index (χ0v) is 12.7. The summed E-state index contributed by atoms with van der Waals surface area (Å²) < 4.78 is 0. The maximum absolute atomic E-state index is 3.48. The molecule has 0 unspecified atom stereocenters. The lowest BCUT2D eigenvalue weighted by Gasteiger charge is -2.14. The van der Waals surface area contributed by atoms with Gasteiger partial charge in [-0.3, -0.25) is 0 Å². The first-order chi connectivity index (χ1) is 8.56. The fraction of sp³-hybridized carbons (Fsp3) is 0.412. The molecule has 0 spiro atoms. The largest absolute Gasteiger partial charge is 0.129 e. The second-order valence-electron chi connectivity index (χ2n) is 6.02. The van der Waals surface area contributed by atoms with Gasteiger partial charge >= 0.3 is 0 Å². The Morgan fingerprint density at radius 1 is 1.06 bits per heavy atom. The Bertz CT molecular complexity index is 506. The third-order valence-corrected chi connectivity index (χ3v) is 4.01. The fourth-order valence-corrected chi connectivity index (χ4v) is 2.72. The first-order valence-corrected chi connectivity index (χ1v) is 10.4. The molecule has 0 amide bonds. The molecule has 2 rings (SSSR count). The lowest BCUT2D eigenvalue weighted by atomic mass is 9.91. The van der Waals surface area contributed by atoms with E-state index in [1.165, 1.54) is 42.4 Å². The van der Waals surface area contributed by atoms with E-state index in [0.29, 0.717) is 0 Å². The van der Waals surface area contributed by atoms with Crippen molar-refractivity contribution in [2.45, 2.75) is 45.3 Å². The maximum Gasteiger partial charge on any atom is 0.129 e. The summed E-state index contributed by atoms with van der Waals surface area (Å²) in [5.41, 5.74) is 7.56. The highest BCUT2D eigenvalue weighted by Crippen LogP contribution is 2.28. The Morgan fingerprint density at radius 2 is 1.83 bits per heavy atom. The normalized spacial score (nSPS) is 15.6. The van der Waals surface area contributed by atoms with E-state index >= 15 is 0 Å². The van der Waals surface area contributed by atoms with Gasteiger partial charge in [-0.05, 0) is 42.9 Å². The molecule has 18 heavy (non-hydrogen) atoms. The van der Waals surface area contributed by atoms with Crippen molar-refractivity contribution < 1.29 is 0 Å². The monoisotopic (exact) mass is 254 g/mol. The molecule has 0 N–H and O–H groups in total. The van der Waals surface area contributed by atoms with Crippen LogP contribution in [-0.2, 0) is 0 Å². The SMILES string of the molecule is C[Si](C)(C)C#Cc1ccccc1C1=CCCCC1. The summed E-state index contributed by atoms with van der Waals surface area (Å²) in [6, 6.07) is 8.62. The minimum atomic E-state index is -1.29. The molecule has 0 heterocycles. The van der Waals surface area contributed by atoms with E-state index in [0.717, 1.165) is 0 Å². The second-order valence-corrected chi connectivity index (χ2v) is 10.8. The van der Waals surface area contributed by atoms with Gasteiger partial charge in [-0.1, -0.05) is 49.8 Å². The van der Waals surface area contributed by atoms with Crippen molar-refractivity contribution in [3.8, 4) is 11.5 Å². The first kappa shape index (κ1) is 13.2. The van der Waals surface area contributed by atoms with Crippen molar-refractivity contribution in [1.82, 2.24) is 0 Å². The standard InChI is InChI=1S/C17H22Si/c1-18(2,3)14-13-16-11-7-8-12-17(16)15-9-5-4-6-10-15/h7-9,11-12H,4-6,10H2,1-3H3. The Hall–Kier alpha value is -1.26. The molecule has 0 radical (unpaired) electrons. The van der Waals surface area contributed by atoms with Gasteiger partial charge in [-0.2, -0.15) is 0 Å². The summed E-state index contributed by atoms with van der Waals surface area (Å²) >= 11 is 0. The highest BCUT2D eigenvalue weighted by molar-refractivity contribution is 6.83. The van der Waals surface area contributed by atoms with Crippen LogP contribution in [0.2, 0.25) is 19.6 Å². The van der Waals surface area contributed by atoms with Crippen molar-refractivity contribution >= 4 is 13.6 Å². The van der Waals surface area contributed by atoms with Gasteiger partial charge in [0.05, 0.1) is 0 Å². The summed E-state index contributed by atoms with van der Waals surface area (Å²) in [6.45, 7) is 6.88. The van der Waals surface area contributed by atoms with E-state index in [-0.39, 0.29) is 0 Å². The van der Waals surface area contributed by atoms with Crippen molar-refractivity contribution in [1.29, 1.82) is 0 Å². The smallest absolute Gasteiger partial charge is 0.127 e. The molecule has 0 nitrogen and oxygen atoms in total. The molecule has 0 fully saturated rings. The maximum atomic E-state index is 3.48. The lowest BCUT2D eigenvalue weighted by molar-refractivity contribution is 0.742. The van der Waals surface area contributed by atoms with E-state index in [4.69, 9.17) is 0 Å². The van der Waals surface area contributed by atoms with Crippen LogP contribution in [0.25, 0.3) is 5.57 Å². The second kappa shape index (κ2) is 5.59. The van der Waals surface area contributed by atoms with Gasteiger partial charge in [0.15, 0.2) is 0 Å². The quantitative estimate of drug-likeness (QED) is 0.495. The number of allylic oxidation sites excluding steroid dienone is 2. The van der Waals surface area contributed by atoms with E-state index < -0.39 is 8.07 Å². The molecule has 94 valence electrons. The zero-order valence-electron chi connectivity index (χ0n) is 11.7. The van der Waals surface area contributed by atoms with Crippen molar-refractivity contribution in [2.24, 2.45) is 0 Å². The van der Waals surface area contributed by atoms with Crippen molar-refractivity contribution in [3.05, 3.63) is 41.5 Å². The van der Waals surface area contributed by atoms with Crippen LogP contribution in [0.4, 0.5) is 0 Å². The molecular weight excluding hydrogens is 232 g/mol. The predicted molar refractivity (Wildman–Crippen MR) is 83.1 cm³/mol. The van der Waals surface area contributed by atoms with Crippen LogP contribution in [0.5, 0.6) is 0 Å². The third kappa shape index (κ3) is 3.61. The van der Waals surface area contributed by atoms with Gasteiger partial charge in [0.1, 0.15) is 8.07 Å². The molecule has 0 aliphatic heterocycles. The Balaban J connectivity index is 2.36. The van der Waals surface area contributed by atoms with Crippen molar-refractivity contribution in [3.63, 3.8) is 0 Å². The summed E-state index contributed by atoms with van der Waals surface area (Å²) in [4.78, 5) is 0. The molecule has 1 aliphatic carbocycles. The molecule has 1 aromatic rings. The van der Waals surface area contributed by atoms with Crippen LogP contribution in [0.3, 0.4) is 0 Å². The number of rotatable bonds is 1. The molecule has 1 aromatic carbocycles. The van der Waals surface area contributed by atoms with Gasteiger partial charge in [0.2, 0.25) is 0 Å². The van der Waals surface area contributed by atoms with Crippen LogP contribution < -0.4 is 0 Å². The van der Waals surface area contributed by atoms with E-state index in [1.54, 1.807) is 0 Å². The summed E-state index contributed by atoms with van der Waals surface area (Å²) in [7, 11) is -1.29. The Labute approximate surface area is 112 Å². The number of benzene rings is 1. The van der Waals surface area contributed by atoms with Crippen molar-refractivity contribution in [2.75, 3.05) is 0 Å². The first-order valence-electron chi connectivity index (χ1n) is 6.88. The average molecular weight is 254 g/mol. The summed E-state index contributed by atoms with van der Waals surface area (Å²) in [5.74, 6) is 3.42. The van der Waals surface area contributed by atoms with Crippen LogP contribution >= 0.6 is 0 Å². The van der Waals surface area contributed by atoms with Gasteiger partial charge in [-0.15, -0.1) is 5.54 Å². The zero-order chi connectivity index (χ0) is 13.0. The molecule has 0 bridgehead atoms. The molecule has 0 atom stereocenters. The van der Waals surface area contributed by atoms with E-state index in [9.17, 15) is 0 Å². The van der Waals surface area contributed by atoms with Crippen LogP contribution in [0.15, 0.2) is 30.3 Å². The summed E-state index contributed by atoms with van der Waals surface area (Å²) in [6.07, 6.45) is 7.50. The Kier molecular flexibility index (Phi) is 4.09. The lowest BCUT2D eigenvalue weighted by Crippen LogP contribution is -2.16. The van der Waals surface area contributed by atoms with Crippen LogP contribution in [0, 0.1) is 11.5 Å². The number of hydrogen-bond donors (Lipinski definition) is 0. The number of hydrogen-bond acceptors (Lipinski definition) is 0. The third-order valence-electron chi connectivity index (χ3n) is 3.14. The molecular formula is C17H22Si. The van der Waals surface area contributed by atoms with Gasteiger partial charge in [-0.25, -0.2) is 0 Å².